The summed E-state index contributed by atoms with van der Waals surface area (Å²) in [7, 11) is 0. The maximum atomic E-state index is 10.4. The molecule has 1 aliphatic heterocycles. The van der Waals surface area contributed by atoms with Gasteiger partial charge in [-0.25, -0.2) is 9.97 Å². The zero-order chi connectivity index (χ0) is 14.8. The molecule has 1 aromatic rings. The van der Waals surface area contributed by atoms with E-state index in [0.29, 0.717) is 6.04 Å². The van der Waals surface area contributed by atoms with Crippen LogP contribution in [0.15, 0.2) is 12.4 Å². The molecule has 112 valence electrons. The van der Waals surface area contributed by atoms with Crippen molar-refractivity contribution in [1.82, 2.24) is 9.97 Å². The molecule has 0 spiro atoms. The molecular formula is C15H26N4O. The number of rotatable bonds is 4. The van der Waals surface area contributed by atoms with Gasteiger partial charge in [0.2, 0.25) is 0 Å². The summed E-state index contributed by atoms with van der Waals surface area (Å²) < 4.78 is 0. The molecule has 1 fully saturated rings. The Morgan fingerprint density at radius 3 is 2.90 bits per heavy atom. The van der Waals surface area contributed by atoms with Crippen LogP contribution in [-0.2, 0) is 0 Å². The first-order valence-electron chi connectivity index (χ1n) is 7.48. The average Bonchev–Trinajstić information content (AvgIpc) is 2.38. The van der Waals surface area contributed by atoms with Crippen LogP contribution in [0.1, 0.15) is 40.5 Å². The third-order valence-corrected chi connectivity index (χ3v) is 4.11. The molecule has 20 heavy (non-hydrogen) atoms. The number of aliphatic hydroxyl groups is 1. The highest BCUT2D eigenvalue weighted by atomic mass is 16.3. The van der Waals surface area contributed by atoms with Gasteiger partial charge in [-0.15, -0.1) is 0 Å². The normalized spacial score (nSPS) is 26.9. The smallest absolute Gasteiger partial charge is 0.134 e. The molecular weight excluding hydrogens is 252 g/mol. The van der Waals surface area contributed by atoms with E-state index in [1.165, 1.54) is 0 Å². The van der Waals surface area contributed by atoms with Crippen molar-refractivity contribution in [3.63, 3.8) is 0 Å². The summed E-state index contributed by atoms with van der Waals surface area (Å²) in [5, 5.41) is 13.7. The first kappa shape index (κ1) is 15.0. The predicted octanol–water partition coefficient (Wildman–Crippen LogP) is 2.28. The molecule has 2 N–H and O–H groups in total. The Morgan fingerprint density at radius 1 is 1.50 bits per heavy atom. The fourth-order valence-corrected chi connectivity index (χ4v) is 2.79. The van der Waals surface area contributed by atoms with E-state index in [-0.39, 0.29) is 5.92 Å². The highest BCUT2D eigenvalue weighted by molar-refractivity contribution is 5.49. The standard InChI is InChI=1S/C15H26N4O/c1-5-12-9-19(7-6-15(12,4)20)14-8-13(16-10-17-14)18-11(2)3/h8,10-12,20H,5-7,9H2,1-4H3,(H,16,17,18)/t12-,15+/m1/s1. The summed E-state index contributed by atoms with van der Waals surface area (Å²) >= 11 is 0. The lowest BCUT2D eigenvalue weighted by molar-refractivity contribution is -0.0183. The minimum absolute atomic E-state index is 0.285. The van der Waals surface area contributed by atoms with E-state index in [4.69, 9.17) is 0 Å². The van der Waals surface area contributed by atoms with E-state index in [2.05, 4.69) is 41.0 Å². The van der Waals surface area contributed by atoms with Crippen LogP contribution in [0.25, 0.3) is 0 Å². The number of nitrogens with one attached hydrogen (secondary N) is 1. The van der Waals surface area contributed by atoms with E-state index in [0.717, 1.165) is 37.6 Å². The van der Waals surface area contributed by atoms with Gasteiger partial charge >= 0.3 is 0 Å². The van der Waals surface area contributed by atoms with Crippen LogP contribution < -0.4 is 10.2 Å². The number of hydrogen-bond acceptors (Lipinski definition) is 5. The Hall–Kier alpha value is -1.36. The SMILES string of the molecule is CC[C@@H]1CN(c2cc(NC(C)C)ncn2)CC[C@]1(C)O. The second kappa shape index (κ2) is 5.95. The largest absolute Gasteiger partial charge is 0.390 e. The first-order chi connectivity index (χ1) is 9.42. The molecule has 0 unspecified atom stereocenters. The molecule has 0 aliphatic carbocycles. The molecule has 2 rings (SSSR count). The van der Waals surface area contributed by atoms with Crippen molar-refractivity contribution in [3.05, 3.63) is 12.4 Å². The Kier molecular flexibility index (Phi) is 4.48. The number of anilines is 2. The molecule has 0 amide bonds. The lowest BCUT2D eigenvalue weighted by Crippen LogP contribution is -2.50. The summed E-state index contributed by atoms with van der Waals surface area (Å²) in [4.78, 5) is 10.9. The monoisotopic (exact) mass is 278 g/mol. The van der Waals surface area contributed by atoms with Crippen LogP contribution in [0.2, 0.25) is 0 Å². The van der Waals surface area contributed by atoms with Gasteiger partial charge in [0.15, 0.2) is 0 Å². The fraction of sp³-hybridized carbons (Fsp3) is 0.733. The average molecular weight is 278 g/mol. The van der Waals surface area contributed by atoms with Crippen molar-refractivity contribution in [2.75, 3.05) is 23.3 Å². The second-order valence-electron chi connectivity index (χ2n) is 6.22. The highest BCUT2D eigenvalue weighted by Gasteiger charge is 2.36. The maximum absolute atomic E-state index is 10.4. The van der Waals surface area contributed by atoms with Gasteiger partial charge in [0.25, 0.3) is 0 Å². The molecule has 1 aliphatic rings. The van der Waals surface area contributed by atoms with E-state index in [1.54, 1.807) is 6.33 Å². The topological polar surface area (TPSA) is 61.3 Å². The Balaban J connectivity index is 2.12. The molecule has 2 heterocycles. The second-order valence-corrected chi connectivity index (χ2v) is 6.22. The Bertz CT molecular complexity index is 447. The van der Waals surface area contributed by atoms with Crippen molar-refractivity contribution in [1.29, 1.82) is 0 Å². The fourth-order valence-electron chi connectivity index (χ4n) is 2.79. The third-order valence-electron chi connectivity index (χ3n) is 4.11. The van der Waals surface area contributed by atoms with E-state index < -0.39 is 5.60 Å². The first-order valence-corrected chi connectivity index (χ1v) is 7.48. The summed E-state index contributed by atoms with van der Waals surface area (Å²) in [5.41, 5.74) is -0.558. The van der Waals surface area contributed by atoms with Crippen molar-refractivity contribution in [2.24, 2.45) is 5.92 Å². The molecule has 0 saturated carbocycles. The molecule has 1 saturated heterocycles. The van der Waals surface area contributed by atoms with Crippen LogP contribution >= 0.6 is 0 Å². The van der Waals surface area contributed by atoms with Crippen LogP contribution in [0.4, 0.5) is 11.6 Å². The van der Waals surface area contributed by atoms with Crippen molar-refractivity contribution < 1.29 is 5.11 Å². The van der Waals surface area contributed by atoms with E-state index in [9.17, 15) is 5.11 Å². The summed E-state index contributed by atoms with van der Waals surface area (Å²) in [6.07, 6.45) is 3.36. The lowest BCUT2D eigenvalue weighted by atomic mass is 9.81. The van der Waals surface area contributed by atoms with Crippen LogP contribution in [0, 0.1) is 5.92 Å². The quantitative estimate of drug-likeness (QED) is 0.885. The van der Waals surface area contributed by atoms with Crippen LogP contribution in [0.3, 0.4) is 0 Å². The zero-order valence-electron chi connectivity index (χ0n) is 12.9. The Morgan fingerprint density at radius 2 is 2.25 bits per heavy atom. The van der Waals surface area contributed by atoms with E-state index in [1.807, 2.05) is 13.0 Å². The summed E-state index contributed by atoms with van der Waals surface area (Å²) in [6, 6.07) is 2.34. The van der Waals surface area contributed by atoms with Gasteiger partial charge in [0.05, 0.1) is 5.60 Å². The number of aromatic nitrogens is 2. The molecule has 0 bridgehead atoms. The van der Waals surface area contributed by atoms with Crippen molar-refractivity contribution >= 4 is 11.6 Å². The van der Waals surface area contributed by atoms with Gasteiger partial charge in [-0.3, -0.25) is 0 Å². The molecule has 5 nitrogen and oxygen atoms in total. The molecule has 0 radical (unpaired) electrons. The molecule has 2 atom stereocenters. The lowest BCUT2D eigenvalue weighted by Gasteiger charge is -2.43. The van der Waals surface area contributed by atoms with Crippen LogP contribution in [-0.4, -0.2) is 39.8 Å². The Labute approximate surface area is 121 Å². The summed E-state index contributed by atoms with van der Waals surface area (Å²) in [6.45, 7) is 9.95. The number of hydrogen-bond donors (Lipinski definition) is 2. The molecule has 0 aromatic carbocycles. The number of piperidine rings is 1. The van der Waals surface area contributed by atoms with E-state index >= 15 is 0 Å². The van der Waals surface area contributed by atoms with Crippen molar-refractivity contribution in [3.8, 4) is 0 Å². The predicted molar refractivity (Wildman–Crippen MR) is 82.0 cm³/mol. The van der Waals surface area contributed by atoms with Gasteiger partial charge in [-0.2, -0.15) is 0 Å². The molecule has 5 heteroatoms. The van der Waals surface area contributed by atoms with Crippen LogP contribution in [0.5, 0.6) is 0 Å². The zero-order valence-corrected chi connectivity index (χ0v) is 12.9. The third kappa shape index (κ3) is 3.39. The highest BCUT2D eigenvalue weighted by Crippen LogP contribution is 2.32. The van der Waals surface area contributed by atoms with Gasteiger partial charge in [0, 0.05) is 31.1 Å². The van der Waals surface area contributed by atoms with Gasteiger partial charge in [-0.1, -0.05) is 6.92 Å². The maximum Gasteiger partial charge on any atom is 0.134 e. The molecule has 1 aromatic heterocycles. The van der Waals surface area contributed by atoms with Gasteiger partial charge in [0.1, 0.15) is 18.0 Å². The van der Waals surface area contributed by atoms with Gasteiger partial charge in [-0.05, 0) is 33.6 Å². The minimum Gasteiger partial charge on any atom is -0.390 e. The van der Waals surface area contributed by atoms with Crippen molar-refractivity contribution in [2.45, 2.75) is 52.2 Å². The number of nitrogens with zero attached hydrogens (tertiary/aromatic N) is 3. The van der Waals surface area contributed by atoms with Gasteiger partial charge < -0.3 is 15.3 Å². The summed E-state index contributed by atoms with van der Waals surface area (Å²) in [5.74, 6) is 2.08. The minimum atomic E-state index is -0.558.